The predicted molar refractivity (Wildman–Crippen MR) is 102 cm³/mol. The molecule has 1 aromatic rings. The standard InChI is InChI=1S/C21H32N2O/c1-2-3-4-5-6-7-8-9-10-11-12-13-14-16-20-17-15-18-21(23-20)19-22-24/h15,17-19,24H,2-13H2,1H3/b22-19+. The third-order valence-electron chi connectivity index (χ3n) is 4.08. The molecule has 0 amide bonds. The summed E-state index contributed by atoms with van der Waals surface area (Å²) in [5, 5.41) is 11.5. The second kappa shape index (κ2) is 14.8. The molecule has 3 heteroatoms. The molecule has 0 aromatic carbocycles. The summed E-state index contributed by atoms with van der Waals surface area (Å²) < 4.78 is 0. The minimum absolute atomic E-state index is 0.624. The van der Waals surface area contributed by atoms with E-state index in [-0.39, 0.29) is 0 Å². The van der Waals surface area contributed by atoms with Crippen LogP contribution in [-0.2, 0) is 0 Å². The molecule has 24 heavy (non-hydrogen) atoms. The van der Waals surface area contributed by atoms with E-state index in [1.807, 2.05) is 12.1 Å². The van der Waals surface area contributed by atoms with Gasteiger partial charge in [-0.05, 0) is 24.5 Å². The summed E-state index contributed by atoms with van der Waals surface area (Å²) in [5.41, 5.74) is 1.36. The number of hydrogen-bond donors (Lipinski definition) is 1. The molecule has 0 unspecified atom stereocenters. The Hall–Kier alpha value is -1.82. The van der Waals surface area contributed by atoms with Crippen molar-refractivity contribution in [2.45, 2.75) is 84.0 Å². The van der Waals surface area contributed by atoms with Gasteiger partial charge < -0.3 is 5.21 Å². The van der Waals surface area contributed by atoms with Crippen LogP contribution in [0.2, 0.25) is 0 Å². The van der Waals surface area contributed by atoms with Crippen molar-refractivity contribution in [1.82, 2.24) is 4.98 Å². The highest BCUT2D eigenvalue weighted by Crippen LogP contribution is 2.11. The van der Waals surface area contributed by atoms with Crippen LogP contribution in [0.5, 0.6) is 0 Å². The maximum atomic E-state index is 8.50. The molecule has 0 fully saturated rings. The van der Waals surface area contributed by atoms with Crippen molar-refractivity contribution in [1.29, 1.82) is 0 Å². The van der Waals surface area contributed by atoms with Gasteiger partial charge in [0.15, 0.2) is 0 Å². The number of unbranched alkanes of at least 4 members (excludes halogenated alkanes) is 11. The highest BCUT2D eigenvalue weighted by Gasteiger charge is 1.93. The first kappa shape index (κ1) is 20.2. The summed E-state index contributed by atoms with van der Waals surface area (Å²) in [5.74, 6) is 6.26. The minimum Gasteiger partial charge on any atom is -0.411 e. The van der Waals surface area contributed by atoms with E-state index in [9.17, 15) is 0 Å². The topological polar surface area (TPSA) is 45.5 Å². The second-order valence-corrected chi connectivity index (χ2v) is 6.28. The number of nitrogens with zero attached hydrogens (tertiary/aromatic N) is 2. The Kier molecular flexibility index (Phi) is 12.4. The van der Waals surface area contributed by atoms with E-state index in [1.54, 1.807) is 6.07 Å². The van der Waals surface area contributed by atoms with Gasteiger partial charge in [-0.2, -0.15) is 0 Å². The SMILES string of the molecule is CCCCCCCCCCCCCC#Cc1cccc(/C=N/O)n1. The third kappa shape index (κ3) is 10.8. The molecule has 132 valence electrons. The largest absolute Gasteiger partial charge is 0.411 e. The van der Waals surface area contributed by atoms with Gasteiger partial charge >= 0.3 is 0 Å². The van der Waals surface area contributed by atoms with E-state index in [1.165, 1.54) is 76.8 Å². The van der Waals surface area contributed by atoms with Crippen LogP contribution in [0.25, 0.3) is 0 Å². The summed E-state index contributed by atoms with van der Waals surface area (Å²) in [7, 11) is 0. The molecule has 1 N–H and O–H groups in total. The molecule has 0 aliphatic rings. The highest BCUT2D eigenvalue weighted by atomic mass is 16.4. The van der Waals surface area contributed by atoms with Crippen LogP contribution < -0.4 is 0 Å². The minimum atomic E-state index is 0.624. The molecule has 1 aromatic heterocycles. The van der Waals surface area contributed by atoms with Crippen LogP contribution in [0.1, 0.15) is 95.4 Å². The monoisotopic (exact) mass is 328 g/mol. The van der Waals surface area contributed by atoms with E-state index in [4.69, 9.17) is 5.21 Å². The van der Waals surface area contributed by atoms with Gasteiger partial charge in [0.2, 0.25) is 0 Å². The lowest BCUT2D eigenvalue weighted by molar-refractivity contribution is 0.321. The quantitative estimate of drug-likeness (QED) is 0.170. The molecule has 0 aliphatic carbocycles. The van der Waals surface area contributed by atoms with Gasteiger partial charge in [0.25, 0.3) is 0 Å². The second-order valence-electron chi connectivity index (χ2n) is 6.28. The Bertz CT molecular complexity index is 514. The zero-order chi connectivity index (χ0) is 17.3. The van der Waals surface area contributed by atoms with Gasteiger partial charge in [-0.25, -0.2) is 4.98 Å². The van der Waals surface area contributed by atoms with Crippen molar-refractivity contribution in [3.63, 3.8) is 0 Å². The smallest absolute Gasteiger partial charge is 0.113 e. The molecule has 0 saturated heterocycles. The van der Waals surface area contributed by atoms with Crippen molar-refractivity contribution in [2.75, 3.05) is 0 Å². The molecule has 0 bridgehead atoms. The maximum absolute atomic E-state index is 8.50. The summed E-state index contributed by atoms with van der Waals surface area (Å²) >= 11 is 0. The lowest BCUT2D eigenvalue weighted by Crippen LogP contribution is -1.90. The van der Waals surface area contributed by atoms with Gasteiger partial charge in [-0.3, -0.25) is 0 Å². The molecule has 0 aliphatic heterocycles. The fourth-order valence-electron chi connectivity index (χ4n) is 2.68. The molecule has 1 heterocycles. The van der Waals surface area contributed by atoms with Crippen LogP contribution >= 0.6 is 0 Å². The molecule has 0 atom stereocenters. The van der Waals surface area contributed by atoms with Crippen molar-refractivity contribution in [3.05, 3.63) is 29.6 Å². The summed E-state index contributed by atoms with van der Waals surface area (Å²) in [6.07, 6.45) is 17.2. The van der Waals surface area contributed by atoms with Crippen LogP contribution in [0.4, 0.5) is 0 Å². The van der Waals surface area contributed by atoms with E-state index in [2.05, 4.69) is 28.9 Å². The summed E-state index contributed by atoms with van der Waals surface area (Å²) in [6, 6.07) is 5.53. The van der Waals surface area contributed by atoms with Gasteiger partial charge in [-0.1, -0.05) is 88.3 Å². The Morgan fingerprint density at radius 3 is 2.21 bits per heavy atom. The zero-order valence-corrected chi connectivity index (χ0v) is 15.1. The number of oxime groups is 1. The average Bonchev–Trinajstić information content (AvgIpc) is 2.60. The van der Waals surface area contributed by atoms with Crippen molar-refractivity contribution in [3.8, 4) is 11.8 Å². The van der Waals surface area contributed by atoms with E-state index < -0.39 is 0 Å². The van der Waals surface area contributed by atoms with Crippen LogP contribution in [0, 0.1) is 11.8 Å². The van der Waals surface area contributed by atoms with Gasteiger partial charge in [0.05, 0.1) is 11.9 Å². The van der Waals surface area contributed by atoms with Gasteiger partial charge in [0, 0.05) is 6.42 Å². The third-order valence-corrected chi connectivity index (χ3v) is 4.08. The van der Waals surface area contributed by atoms with Crippen molar-refractivity contribution in [2.24, 2.45) is 5.16 Å². The zero-order valence-electron chi connectivity index (χ0n) is 15.1. The van der Waals surface area contributed by atoms with E-state index in [0.717, 1.165) is 12.1 Å². The Balaban J connectivity index is 2.00. The Morgan fingerprint density at radius 2 is 1.58 bits per heavy atom. The number of pyridine rings is 1. The molecule has 0 radical (unpaired) electrons. The first-order valence-corrected chi connectivity index (χ1v) is 9.50. The van der Waals surface area contributed by atoms with Crippen LogP contribution in [-0.4, -0.2) is 16.4 Å². The normalized spacial score (nSPS) is 10.7. The average molecular weight is 328 g/mol. The summed E-state index contributed by atoms with van der Waals surface area (Å²) in [4.78, 5) is 4.27. The fourth-order valence-corrected chi connectivity index (χ4v) is 2.68. The van der Waals surface area contributed by atoms with Gasteiger partial charge in [-0.15, -0.1) is 0 Å². The van der Waals surface area contributed by atoms with Crippen molar-refractivity contribution < 1.29 is 5.21 Å². The predicted octanol–water partition coefficient (Wildman–Crippen LogP) is 5.94. The van der Waals surface area contributed by atoms with E-state index >= 15 is 0 Å². The van der Waals surface area contributed by atoms with Crippen LogP contribution in [0.3, 0.4) is 0 Å². The lowest BCUT2D eigenvalue weighted by Gasteiger charge is -2.01. The number of aromatic nitrogens is 1. The van der Waals surface area contributed by atoms with E-state index in [0.29, 0.717) is 5.69 Å². The number of hydrogen-bond acceptors (Lipinski definition) is 3. The Morgan fingerprint density at radius 1 is 0.958 bits per heavy atom. The molecule has 3 nitrogen and oxygen atoms in total. The molecule has 0 saturated carbocycles. The number of rotatable bonds is 12. The molecular weight excluding hydrogens is 296 g/mol. The molecule has 1 rings (SSSR count). The Labute approximate surface area is 147 Å². The van der Waals surface area contributed by atoms with Gasteiger partial charge in [0.1, 0.15) is 5.69 Å². The highest BCUT2D eigenvalue weighted by molar-refractivity contribution is 5.76. The first-order valence-electron chi connectivity index (χ1n) is 9.50. The van der Waals surface area contributed by atoms with Crippen molar-refractivity contribution >= 4 is 6.21 Å². The summed E-state index contributed by atoms with van der Waals surface area (Å²) in [6.45, 7) is 2.27. The lowest BCUT2D eigenvalue weighted by atomic mass is 10.1. The fraction of sp³-hybridized carbons (Fsp3) is 0.619. The van der Waals surface area contributed by atoms with Crippen LogP contribution in [0.15, 0.2) is 23.4 Å². The molecule has 0 spiro atoms. The molecular formula is C21H32N2O. The first-order chi connectivity index (χ1) is 11.9. The maximum Gasteiger partial charge on any atom is 0.113 e.